The molecule has 0 amide bonds. The van der Waals surface area contributed by atoms with Gasteiger partial charge in [-0.3, -0.25) is 0 Å². The van der Waals surface area contributed by atoms with Gasteiger partial charge in [0.15, 0.2) is 5.44 Å². The van der Waals surface area contributed by atoms with E-state index in [1.165, 1.54) is 0 Å². The molecule has 1 unspecified atom stereocenters. The molecule has 0 bridgehead atoms. The van der Waals surface area contributed by atoms with E-state index in [1.807, 2.05) is 0 Å². The van der Waals surface area contributed by atoms with Crippen LogP contribution in [0.4, 0.5) is 0 Å². The van der Waals surface area contributed by atoms with Crippen LogP contribution in [0.25, 0.3) is 0 Å². The van der Waals surface area contributed by atoms with Gasteiger partial charge in [0, 0.05) is 5.57 Å². The Morgan fingerprint density at radius 1 is 1.42 bits per heavy atom. The van der Waals surface area contributed by atoms with Crippen molar-refractivity contribution in [2.75, 3.05) is 0 Å². The highest BCUT2D eigenvalue weighted by atomic mass is 32.2. The number of rotatable bonds is 3. The van der Waals surface area contributed by atoms with Crippen LogP contribution in [0.2, 0.25) is 0 Å². The summed E-state index contributed by atoms with van der Waals surface area (Å²) < 4.78 is 4.50. The second-order valence-electron chi connectivity index (χ2n) is 2.18. The van der Waals surface area contributed by atoms with Crippen molar-refractivity contribution in [1.82, 2.24) is 0 Å². The Kier molecular flexibility index (Phi) is 5.96. The smallest absolute Gasteiger partial charge is 0.334 e. The predicted octanol–water partition coefficient (Wildman–Crippen LogP) is 1.94. The molecular weight excluding hydrogens is 212 g/mol. The van der Waals surface area contributed by atoms with Crippen LogP contribution in [0.3, 0.4) is 0 Å². The number of ether oxygens (including phenoxy) is 1. The molecule has 0 rings (SSSR count). The summed E-state index contributed by atoms with van der Waals surface area (Å²) in [4.78, 5) is 11.1. The van der Waals surface area contributed by atoms with Gasteiger partial charge in [-0.25, -0.2) is 4.79 Å². The minimum Gasteiger partial charge on any atom is -0.446 e. The number of hydrogen-bond acceptors (Lipinski definition) is 5. The fraction of sp³-hybridized carbons (Fsp3) is 0.571. The molecule has 0 aromatic carbocycles. The Morgan fingerprint density at radius 2 is 1.92 bits per heavy atom. The monoisotopic (exact) mass is 224 g/mol. The topological polar surface area (TPSA) is 26.3 Å². The molecule has 0 saturated carbocycles. The minimum atomic E-state index is -0.584. The van der Waals surface area contributed by atoms with Crippen molar-refractivity contribution in [2.45, 2.75) is 23.9 Å². The summed E-state index contributed by atoms with van der Waals surface area (Å²) in [5.41, 5.74) is -0.0320. The number of carbonyl (C=O) groups is 1. The standard InChI is InChI=1S/C7H12O2S3/c1-3-4(2)5(8)9-6(10)7(11)12/h3,6-7,10-12H,1-2H3. The van der Waals surface area contributed by atoms with Crippen LogP contribution < -0.4 is 0 Å². The number of esters is 1. The van der Waals surface area contributed by atoms with Crippen molar-refractivity contribution in [2.24, 2.45) is 0 Å². The molecule has 0 aliphatic heterocycles. The molecular formula is C7H12O2S3. The Bertz CT molecular complexity index is 189. The van der Waals surface area contributed by atoms with E-state index in [1.54, 1.807) is 19.9 Å². The van der Waals surface area contributed by atoms with Crippen LogP contribution in [-0.2, 0) is 9.53 Å². The number of carbonyl (C=O) groups excluding carboxylic acids is 1. The van der Waals surface area contributed by atoms with Gasteiger partial charge in [0.1, 0.15) is 0 Å². The molecule has 70 valence electrons. The second kappa shape index (κ2) is 5.83. The third-order valence-corrected chi connectivity index (χ3v) is 2.65. The molecule has 0 aliphatic carbocycles. The molecule has 0 saturated heterocycles. The first-order valence-electron chi connectivity index (χ1n) is 3.37. The molecule has 0 fully saturated rings. The van der Waals surface area contributed by atoms with E-state index >= 15 is 0 Å². The minimum absolute atomic E-state index is 0.373. The maximum absolute atomic E-state index is 11.1. The third kappa shape index (κ3) is 4.33. The Balaban J connectivity index is 4.02. The molecule has 0 radical (unpaired) electrons. The van der Waals surface area contributed by atoms with E-state index < -0.39 is 5.44 Å². The lowest BCUT2D eigenvalue weighted by Crippen LogP contribution is -2.19. The predicted molar refractivity (Wildman–Crippen MR) is 60.1 cm³/mol. The average Bonchev–Trinajstić information content (AvgIpc) is 2.02. The van der Waals surface area contributed by atoms with Crippen molar-refractivity contribution >= 4 is 43.9 Å². The molecule has 0 aromatic heterocycles. The van der Waals surface area contributed by atoms with Crippen LogP contribution in [0.1, 0.15) is 13.8 Å². The maximum atomic E-state index is 11.1. The van der Waals surface area contributed by atoms with Gasteiger partial charge >= 0.3 is 5.97 Å². The van der Waals surface area contributed by atoms with E-state index in [9.17, 15) is 4.79 Å². The summed E-state index contributed by atoms with van der Waals surface area (Å²) in [7, 11) is 0. The first-order chi connectivity index (χ1) is 5.49. The van der Waals surface area contributed by atoms with Crippen LogP contribution in [0.15, 0.2) is 11.6 Å². The van der Waals surface area contributed by atoms with Crippen molar-refractivity contribution in [1.29, 1.82) is 0 Å². The Morgan fingerprint density at radius 3 is 2.25 bits per heavy atom. The SMILES string of the molecule is CC=C(C)C(=O)OC(S)C(S)S. The summed E-state index contributed by atoms with van der Waals surface area (Å²) in [5, 5.41) is 0. The van der Waals surface area contributed by atoms with Gasteiger partial charge in [0.25, 0.3) is 0 Å². The van der Waals surface area contributed by atoms with Crippen LogP contribution in [0.5, 0.6) is 0 Å². The molecule has 2 nitrogen and oxygen atoms in total. The molecule has 0 N–H and O–H groups in total. The third-order valence-electron chi connectivity index (χ3n) is 1.24. The molecule has 5 heteroatoms. The number of thiol groups is 3. The van der Waals surface area contributed by atoms with Gasteiger partial charge < -0.3 is 4.74 Å². The lowest BCUT2D eigenvalue weighted by atomic mass is 10.3. The highest BCUT2D eigenvalue weighted by Gasteiger charge is 2.15. The largest absolute Gasteiger partial charge is 0.446 e. The van der Waals surface area contributed by atoms with Crippen LogP contribution >= 0.6 is 37.9 Å². The molecule has 1 atom stereocenters. The van der Waals surface area contributed by atoms with Crippen molar-refractivity contribution in [3.05, 3.63) is 11.6 Å². The van der Waals surface area contributed by atoms with Gasteiger partial charge in [0.05, 0.1) is 4.58 Å². The van der Waals surface area contributed by atoms with E-state index in [2.05, 4.69) is 37.9 Å². The van der Waals surface area contributed by atoms with Crippen LogP contribution in [0, 0.1) is 0 Å². The summed E-state index contributed by atoms with van der Waals surface area (Å²) in [6.45, 7) is 3.44. The summed E-state index contributed by atoms with van der Waals surface area (Å²) in [6, 6.07) is 0. The van der Waals surface area contributed by atoms with Crippen molar-refractivity contribution in [3.63, 3.8) is 0 Å². The fourth-order valence-corrected chi connectivity index (χ4v) is 0.599. The van der Waals surface area contributed by atoms with Gasteiger partial charge in [-0.2, -0.15) is 25.3 Å². The molecule has 0 aromatic rings. The normalized spacial score (nSPS) is 14.7. The lowest BCUT2D eigenvalue weighted by Gasteiger charge is -2.14. The highest BCUT2D eigenvalue weighted by Crippen LogP contribution is 2.15. The molecule has 12 heavy (non-hydrogen) atoms. The maximum Gasteiger partial charge on any atom is 0.334 e. The first kappa shape index (κ1) is 12.3. The van der Waals surface area contributed by atoms with Crippen LogP contribution in [-0.4, -0.2) is 16.0 Å². The highest BCUT2D eigenvalue weighted by molar-refractivity contribution is 8.00. The lowest BCUT2D eigenvalue weighted by molar-refractivity contribution is -0.139. The zero-order chi connectivity index (χ0) is 9.72. The van der Waals surface area contributed by atoms with E-state index in [4.69, 9.17) is 4.74 Å². The summed E-state index contributed by atoms with van der Waals surface area (Å²) >= 11 is 11.9. The Hall–Kier alpha value is 0.260. The summed E-state index contributed by atoms with van der Waals surface area (Å²) in [5.74, 6) is -0.384. The molecule has 0 aliphatic rings. The van der Waals surface area contributed by atoms with Gasteiger partial charge in [-0.1, -0.05) is 6.08 Å². The zero-order valence-corrected chi connectivity index (χ0v) is 9.57. The van der Waals surface area contributed by atoms with Crippen molar-refractivity contribution in [3.8, 4) is 0 Å². The van der Waals surface area contributed by atoms with E-state index in [0.29, 0.717) is 5.57 Å². The molecule has 0 spiro atoms. The van der Waals surface area contributed by atoms with Gasteiger partial charge in [0.2, 0.25) is 0 Å². The van der Waals surface area contributed by atoms with Gasteiger partial charge in [-0.15, -0.1) is 12.6 Å². The van der Waals surface area contributed by atoms with E-state index in [0.717, 1.165) is 0 Å². The average molecular weight is 224 g/mol. The summed E-state index contributed by atoms with van der Waals surface area (Å²) in [6.07, 6.45) is 1.68. The first-order valence-corrected chi connectivity index (χ1v) is 4.92. The number of allylic oxidation sites excluding steroid dienone is 1. The Labute approximate surface area is 89.0 Å². The zero-order valence-electron chi connectivity index (χ0n) is 6.89. The number of hydrogen-bond donors (Lipinski definition) is 3. The van der Waals surface area contributed by atoms with E-state index in [-0.39, 0.29) is 10.6 Å². The fourth-order valence-electron chi connectivity index (χ4n) is 0.381. The van der Waals surface area contributed by atoms with Crippen molar-refractivity contribution < 1.29 is 9.53 Å². The van der Waals surface area contributed by atoms with Gasteiger partial charge in [-0.05, 0) is 13.8 Å². The quantitative estimate of drug-likeness (QED) is 0.296. The second-order valence-corrected chi connectivity index (χ2v) is 4.21. The molecule has 0 heterocycles.